The van der Waals surface area contributed by atoms with Gasteiger partial charge in [0.2, 0.25) is 12.2 Å². The van der Waals surface area contributed by atoms with E-state index >= 15 is 8.78 Å². The fraction of sp³-hybridized carbons (Fsp3) is 0.532. The highest BCUT2D eigenvalue weighted by Gasteiger charge is 2.62. The molecule has 0 bridgehead atoms. The number of ether oxygens (including phenoxy) is 8. The van der Waals surface area contributed by atoms with Crippen molar-refractivity contribution in [3.05, 3.63) is 93.0 Å². The number of nitrogens with one attached hydrogen (secondary N) is 2. The van der Waals surface area contributed by atoms with Gasteiger partial charge in [0.1, 0.15) is 35.0 Å². The van der Waals surface area contributed by atoms with E-state index < -0.39 is 94.7 Å². The summed E-state index contributed by atoms with van der Waals surface area (Å²) in [4.78, 5) is 41.2. The van der Waals surface area contributed by atoms with Crippen molar-refractivity contribution >= 4 is 46.9 Å². The predicted octanol–water partition coefficient (Wildman–Crippen LogP) is 8.96. The van der Waals surface area contributed by atoms with E-state index in [1.54, 1.807) is 27.7 Å². The lowest BCUT2D eigenvalue weighted by Gasteiger charge is -2.37. The minimum Gasteiger partial charge on any atom is -0.495 e. The Kier molecular flexibility index (Phi) is 13.6. The van der Waals surface area contributed by atoms with Crippen LogP contribution in [-0.4, -0.2) is 86.1 Å². The summed E-state index contributed by atoms with van der Waals surface area (Å²) in [6.45, 7) is 14.5. The maximum absolute atomic E-state index is 16.2. The summed E-state index contributed by atoms with van der Waals surface area (Å²) in [6, 6.07) is 12.3. The molecule has 4 fully saturated rings. The number of nitriles is 1. The van der Waals surface area contributed by atoms with E-state index in [1.807, 2.05) is 20.8 Å². The number of carbonyl (C=O) groups is 3. The number of nitrogens with zero attached hydrogens (tertiary/aromatic N) is 1. The van der Waals surface area contributed by atoms with Crippen molar-refractivity contribution in [2.45, 2.75) is 134 Å². The standard InChI is InChI=1S/C47H53Cl2F2N3O11/c1-23(61-43(57)62-39-27(34-21-59-45(5,6)64-34)19-33-40(39)65-46(7,8)63-33)60-42(56)24-13-16-31(32(17-24)58-9)53-41(55)38-36(26-11-10-12-29(49)37(26)51)47(22-52,35(54-38)20-44(2,3)4)28-15-14-25(48)18-30(28)50/h10-18,23,27,33-36,38-40,54H,19-21H2,1-9H3,(H,53,55)/t23?,27-,33+,34-,35+,36+,38-,39+,40+,47+/m1/s1. The molecular formula is C47H53Cl2F2N3O11. The quantitative estimate of drug-likeness (QED) is 0.138. The lowest BCUT2D eigenvalue weighted by atomic mass is 9.62. The number of halogens is 4. The highest BCUT2D eigenvalue weighted by atomic mass is 35.5. The van der Waals surface area contributed by atoms with E-state index in [0.29, 0.717) is 6.42 Å². The molecule has 14 nitrogen and oxygen atoms in total. The van der Waals surface area contributed by atoms with Gasteiger partial charge in [-0.05, 0) is 87.9 Å². The SMILES string of the molecule is COc1cc(C(=O)OC(C)OC(=O)O[C@H]2[C@@H]([C@H]3COC(C)(C)O3)C[C@@H]3OC(C)(C)O[C@H]23)ccc1NC(=O)[C@@H]1N[C@@H](CC(C)(C)C)[C@](C#N)(c2ccc(Cl)cc2F)[C@H]1c1cccc(Cl)c1F. The fourth-order valence-electron chi connectivity index (χ4n) is 9.62. The second kappa shape index (κ2) is 18.2. The van der Waals surface area contributed by atoms with Gasteiger partial charge < -0.3 is 48.5 Å². The molecule has 3 saturated heterocycles. The lowest BCUT2D eigenvalue weighted by molar-refractivity contribution is -0.185. The van der Waals surface area contributed by atoms with Gasteiger partial charge in [-0.2, -0.15) is 5.26 Å². The number of hydrogen-bond donors (Lipinski definition) is 2. The topological polar surface area (TPSA) is 173 Å². The molecule has 0 spiro atoms. The van der Waals surface area contributed by atoms with Crippen LogP contribution < -0.4 is 15.4 Å². The maximum atomic E-state index is 16.2. The van der Waals surface area contributed by atoms with Crippen molar-refractivity contribution in [1.29, 1.82) is 5.26 Å². The van der Waals surface area contributed by atoms with Gasteiger partial charge in [-0.1, -0.05) is 62.2 Å². The maximum Gasteiger partial charge on any atom is 0.511 e. The van der Waals surface area contributed by atoms with Crippen LogP contribution in [0.5, 0.6) is 5.75 Å². The zero-order valence-electron chi connectivity index (χ0n) is 37.5. The van der Waals surface area contributed by atoms with Crippen LogP contribution in [0.3, 0.4) is 0 Å². The first-order chi connectivity index (χ1) is 30.5. The van der Waals surface area contributed by atoms with E-state index in [-0.39, 0.29) is 63.2 Å². The Hall–Kier alpha value is -4.60. The number of benzene rings is 3. The summed E-state index contributed by atoms with van der Waals surface area (Å²) in [5.41, 5.74) is -2.41. The number of hydrogen-bond acceptors (Lipinski definition) is 13. The molecular weight excluding hydrogens is 891 g/mol. The largest absolute Gasteiger partial charge is 0.511 e. The van der Waals surface area contributed by atoms with Crippen molar-refractivity contribution in [2.75, 3.05) is 19.0 Å². The highest BCUT2D eigenvalue weighted by molar-refractivity contribution is 6.31. The number of fused-ring (bicyclic) bond motifs is 1. The Labute approximate surface area is 386 Å². The average Bonchev–Trinajstić information content (AvgIpc) is 3.92. The van der Waals surface area contributed by atoms with Gasteiger partial charge in [-0.3, -0.25) is 4.79 Å². The van der Waals surface area contributed by atoms with Crippen LogP contribution in [0.15, 0.2) is 54.6 Å². The fourth-order valence-corrected chi connectivity index (χ4v) is 9.96. The van der Waals surface area contributed by atoms with Crippen molar-refractivity contribution < 1.29 is 61.1 Å². The minimum atomic E-state index is -1.86. The minimum absolute atomic E-state index is 0.0237. The molecule has 1 unspecified atom stereocenters. The van der Waals surface area contributed by atoms with Crippen LogP contribution in [0.2, 0.25) is 10.0 Å². The van der Waals surface area contributed by atoms with Gasteiger partial charge in [0.25, 0.3) is 0 Å². The third-order valence-electron chi connectivity index (χ3n) is 12.2. The summed E-state index contributed by atoms with van der Waals surface area (Å²) in [7, 11) is 1.31. The van der Waals surface area contributed by atoms with Gasteiger partial charge in [-0.25, -0.2) is 18.4 Å². The third-order valence-corrected chi connectivity index (χ3v) is 12.7. The monoisotopic (exact) mass is 943 g/mol. The van der Waals surface area contributed by atoms with Crippen LogP contribution >= 0.6 is 23.2 Å². The number of methoxy groups -OCH3 is 1. The molecule has 4 aliphatic rings. The Morgan fingerprint density at radius 2 is 1.71 bits per heavy atom. The molecule has 10 atom stereocenters. The molecule has 0 aromatic heterocycles. The van der Waals surface area contributed by atoms with Crippen LogP contribution in [0.25, 0.3) is 0 Å². The van der Waals surface area contributed by atoms with Gasteiger partial charge in [0, 0.05) is 35.4 Å². The molecule has 65 heavy (non-hydrogen) atoms. The van der Waals surface area contributed by atoms with Gasteiger partial charge in [0.05, 0.1) is 54.3 Å². The molecule has 350 valence electrons. The lowest BCUT2D eigenvalue weighted by Crippen LogP contribution is -2.45. The molecule has 2 N–H and O–H groups in total. The van der Waals surface area contributed by atoms with Crippen molar-refractivity contribution in [2.24, 2.45) is 11.3 Å². The molecule has 1 amide bonds. The number of rotatable bonds is 11. The summed E-state index contributed by atoms with van der Waals surface area (Å²) in [6.07, 6.45) is -3.96. The molecule has 3 aliphatic heterocycles. The van der Waals surface area contributed by atoms with Gasteiger partial charge >= 0.3 is 12.1 Å². The number of esters is 1. The Morgan fingerprint density at radius 1 is 0.985 bits per heavy atom. The molecule has 7 rings (SSSR count). The van der Waals surface area contributed by atoms with E-state index in [4.69, 9.17) is 61.1 Å². The Morgan fingerprint density at radius 3 is 2.35 bits per heavy atom. The second-order valence-corrected chi connectivity index (χ2v) is 19.8. The van der Waals surface area contributed by atoms with Crippen LogP contribution in [-0.2, 0) is 43.4 Å². The molecule has 3 heterocycles. The highest BCUT2D eigenvalue weighted by Crippen LogP contribution is 2.53. The van der Waals surface area contributed by atoms with Gasteiger partial charge in [0.15, 0.2) is 11.6 Å². The predicted molar refractivity (Wildman–Crippen MR) is 232 cm³/mol. The first kappa shape index (κ1) is 48.3. The van der Waals surface area contributed by atoms with Crippen molar-refractivity contribution in [1.82, 2.24) is 5.32 Å². The first-order valence-corrected chi connectivity index (χ1v) is 22.0. The molecule has 3 aromatic carbocycles. The van der Waals surface area contributed by atoms with E-state index in [2.05, 4.69) is 16.7 Å². The van der Waals surface area contributed by atoms with Crippen LogP contribution in [0.4, 0.5) is 19.3 Å². The first-order valence-electron chi connectivity index (χ1n) is 21.3. The van der Waals surface area contributed by atoms with Gasteiger partial charge in [-0.15, -0.1) is 0 Å². The van der Waals surface area contributed by atoms with E-state index in [9.17, 15) is 19.6 Å². The van der Waals surface area contributed by atoms with E-state index in [1.165, 1.54) is 62.6 Å². The molecule has 18 heteroatoms. The normalized spacial score (nSPS) is 29.4. The zero-order valence-corrected chi connectivity index (χ0v) is 39.0. The summed E-state index contributed by atoms with van der Waals surface area (Å²) in [5, 5.41) is 17.1. The second-order valence-electron chi connectivity index (χ2n) is 18.9. The summed E-state index contributed by atoms with van der Waals surface area (Å²) in [5.74, 6) is -6.66. The Balaban J connectivity index is 1.09. The van der Waals surface area contributed by atoms with Crippen molar-refractivity contribution in [3.63, 3.8) is 0 Å². The number of amides is 1. The zero-order chi connectivity index (χ0) is 47.4. The molecule has 0 radical (unpaired) electrons. The molecule has 1 aliphatic carbocycles. The van der Waals surface area contributed by atoms with Crippen molar-refractivity contribution in [3.8, 4) is 11.8 Å². The number of anilines is 1. The smallest absolute Gasteiger partial charge is 0.495 e. The average molecular weight is 945 g/mol. The van der Waals surface area contributed by atoms with Crippen LogP contribution in [0.1, 0.15) is 95.6 Å². The summed E-state index contributed by atoms with van der Waals surface area (Å²) >= 11 is 12.4. The Bertz CT molecular complexity index is 2370. The summed E-state index contributed by atoms with van der Waals surface area (Å²) < 4.78 is 78.5. The van der Waals surface area contributed by atoms with Crippen LogP contribution in [0, 0.1) is 34.3 Å². The number of carbonyl (C=O) groups excluding carboxylic acids is 3. The molecule has 3 aromatic rings. The van der Waals surface area contributed by atoms with E-state index in [0.717, 1.165) is 6.07 Å². The molecule has 1 saturated carbocycles. The third kappa shape index (κ3) is 9.93.